The van der Waals surface area contributed by atoms with Gasteiger partial charge in [0.1, 0.15) is 0 Å². The molecule has 3 aliphatic rings. The van der Waals surface area contributed by atoms with Crippen LogP contribution in [0.4, 0.5) is 0 Å². The Morgan fingerprint density at radius 1 is 0.867 bits per heavy atom. The Kier molecular flexibility index (Phi) is 2.16. The van der Waals surface area contributed by atoms with Crippen LogP contribution in [0.15, 0.2) is 0 Å². The van der Waals surface area contributed by atoms with Crippen LogP contribution >= 0.6 is 12.8 Å². The van der Waals surface area contributed by atoms with Crippen molar-refractivity contribution in [2.75, 3.05) is 53.4 Å². The molecule has 0 atom stereocenters. The van der Waals surface area contributed by atoms with Gasteiger partial charge in [-0.05, 0) is 20.5 Å². The number of thiol groups is 1. The van der Waals surface area contributed by atoms with Crippen molar-refractivity contribution in [3.8, 4) is 0 Å². The maximum absolute atomic E-state index is 4.57. The van der Waals surface area contributed by atoms with Crippen molar-refractivity contribution >= 4 is 12.8 Å². The summed E-state index contributed by atoms with van der Waals surface area (Å²) in [4.78, 5) is 5.06. The molecular weight excluding hydrogens is 206 g/mol. The van der Waals surface area contributed by atoms with Crippen molar-refractivity contribution in [3.63, 3.8) is 0 Å². The molecule has 0 radical (unpaired) electrons. The second-order valence-corrected chi connectivity index (χ2v) is 6.61. The van der Waals surface area contributed by atoms with Crippen molar-refractivity contribution < 1.29 is 0 Å². The maximum Gasteiger partial charge on any atom is 0.0175 e. The number of hydrogen-bond acceptors (Lipinski definition) is 4. The molecule has 3 saturated heterocycles. The lowest BCUT2D eigenvalue weighted by atomic mass is 9.64. The summed E-state index contributed by atoms with van der Waals surface area (Å²) >= 11 is 4.57. The van der Waals surface area contributed by atoms with E-state index in [1.807, 2.05) is 0 Å². The SMILES string of the molecule is CN1CC23CCN(S)CC2(C1)CN(C)C3. The van der Waals surface area contributed by atoms with E-state index in [1.54, 1.807) is 0 Å². The van der Waals surface area contributed by atoms with Gasteiger partial charge in [-0.15, -0.1) is 0 Å². The Morgan fingerprint density at radius 3 is 2.00 bits per heavy atom. The van der Waals surface area contributed by atoms with E-state index < -0.39 is 0 Å². The highest BCUT2D eigenvalue weighted by Crippen LogP contribution is 2.56. The normalized spacial score (nSPS) is 48.2. The van der Waals surface area contributed by atoms with E-state index in [2.05, 4.69) is 41.0 Å². The average molecular weight is 227 g/mol. The van der Waals surface area contributed by atoms with Crippen molar-refractivity contribution in [1.82, 2.24) is 14.1 Å². The van der Waals surface area contributed by atoms with Crippen LogP contribution in [0, 0.1) is 10.8 Å². The number of rotatable bonds is 0. The summed E-state index contributed by atoms with van der Waals surface area (Å²) in [5.41, 5.74) is 1.06. The van der Waals surface area contributed by atoms with Crippen LogP contribution in [-0.4, -0.2) is 67.5 Å². The molecule has 0 bridgehead atoms. The Balaban J connectivity index is 1.97. The molecule has 0 aromatic carbocycles. The van der Waals surface area contributed by atoms with Crippen LogP contribution in [0.3, 0.4) is 0 Å². The quantitative estimate of drug-likeness (QED) is 0.601. The van der Waals surface area contributed by atoms with Gasteiger partial charge in [-0.3, -0.25) is 4.31 Å². The third-order valence-corrected chi connectivity index (χ3v) is 5.09. The molecule has 3 rings (SSSR count). The lowest BCUT2D eigenvalue weighted by molar-refractivity contribution is 0.0726. The summed E-state index contributed by atoms with van der Waals surface area (Å²) in [5, 5.41) is 0. The zero-order valence-electron chi connectivity index (χ0n) is 9.74. The second kappa shape index (κ2) is 3.13. The molecule has 3 aliphatic heterocycles. The van der Waals surface area contributed by atoms with Crippen LogP contribution in [0.25, 0.3) is 0 Å². The fourth-order valence-corrected chi connectivity index (χ4v) is 4.78. The lowest BCUT2D eigenvalue weighted by Gasteiger charge is -2.45. The molecule has 0 amide bonds. The minimum absolute atomic E-state index is 0.497. The summed E-state index contributed by atoms with van der Waals surface area (Å²) in [6.45, 7) is 7.43. The van der Waals surface area contributed by atoms with Crippen LogP contribution in [0.2, 0.25) is 0 Å². The molecule has 0 spiro atoms. The van der Waals surface area contributed by atoms with Crippen LogP contribution in [0.1, 0.15) is 6.42 Å². The third kappa shape index (κ3) is 1.32. The van der Waals surface area contributed by atoms with Gasteiger partial charge in [-0.2, -0.15) is 0 Å². The summed E-state index contributed by atoms with van der Waals surface area (Å²) < 4.78 is 2.23. The van der Waals surface area contributed by atoms with Crippen molar-refractivity contribution in [1.29, 1.82) is 0 Å². The molecule has 3 fully saturated rings. The van der Waals surface area contributed by atoms with Gasteiger partial charge in [0.05, 0.1) is 0 Å². The Morgan fingerprint density at radius 2 is 1.40 bits per heavy atom. The van der Waals surface area contributed by atoms with E-state index in [-0.39, 0.29) is 0 Å². The first-order valence-corrected chi connectivity index (χ1v) is 6.26. The van der Waals surface area contributed by atoms with Crippen LogP contribution in [0.5, 0.6) is 0 Å². The minimum Gasteiger partial charge on any atom is -0.305 e. The maximum atomic E-state index is 4.57. The van der Waals surface area contributed by atoms with E-state index >= 15 is 0 Å². The van der Waals surface area contributed by atoms with Gasteiger partial charge in [-0.1, -0.05) is 12.8 Å². The summed E-state index contributed by atoms with van der Waals surface area (Å²) in [5.74, 6) is 0. The van der Waals surface area contributed by atoms with Gasteiger partial charge in [0, 0.05) is 50.1 Å². The second-order valence-electron chi connectivity index (χ2n) is 6.04. The molecule has 0 unspecified atom stereocenters. The van der Waals surface area contributed by atoms with Gasteiger partial charge in [0.15, 0.2) is 0 Å². The van der Waals surface area contributed by atoms with Crippen molar-refractivity contribution in [3.05, 3.63) is 0 Å². The summed E-state index contributed by atoms with van der Waals surface area (Å²) in [6.07, 6.45) is 1.32. The molecule has 15 heavy (non-hydrogen) atoms. The van der Waals surface area contributed by atoms with E-state index in [0.717, 1.165) is 6.54 Å². The van der Waals surface area contributed by atoms with E-state index in [0.29, 0.717) is 10.8 Å². The molecule has 0 saturated carbocycles. The molecule has 0 aliphatic carbocycles. The Bertz CT molecular complexity index is 267. The highest BCUT2D eigenvalue weighted by atomic mass is 32.1. The van der Waals surface area contributed by atoms with Crippen molar-refractivity contribution in [2.45, 2.75) is 6.42 Å². The fourth-order valence-electron chi connectivity index (χ4n) is 4.41. The van der Waals surface area contributed by atoms with Crippen molar-refractivity contribution in [2.24, 2.45) is 10.8 Å². The summed E-state index contributed by atoms with van der Waals surface area (Å²) in [7, 11) is 4.55. The topological polar surface area (TPSA) is 9.72 Å². The summed E-state index contributed by atoms with van der Waals surface area (Å²) in [6, 6.07) is 0. The third-order valence-electron chi connectivity index (χ3n) is 4.75. The monoisotopic (exact) mass is 227 g/mol. The Hall–Kier alpha value is 0.230. The average Bonchev–Trinajstić information content (AvgIpc) is 2.49. The zero-order chi connectivity index (χ0) is 10.7. The largest absolute Gasteiger partial charge is 0.305 e. The van der Waals surface area contributed by atoms with Gasteiger partial charge in [0.2, 0.25) is 0 Å². The highest BCUT2D eigenvalue weighted by molar-refractivity contribution is 7.77. The zero-order valence-corrected chi connectivity index (χ0v) is 10.6. The van der Waals surface area contributed by atoms with Gasteiger partial charge < -0.3 is 9.80 Å². The van der Waals surface area contributed by atoms with Gasteiger partial charge in [-0.25, -0.2) is 0 Å². The number of likely N-dealkylation sites (tertiary alicyclic amines) is 2. The standard InChI is InChI=1S/C11H21N3S/c1-12-5-10-3-4-14(15)9-11(10,7-12)8-13(2)6-10/h15H,3-9H2,1-2H3. The smallest absolute Gasteiger partial charge is 0.0175 e. The molecule has 0 aromatic heterocycles. The predicted octanol–water partition coefficient (Wildman–Crippen LogP) is 0.400. The van der Waals surface area contributed by atoms with Gasteiger partial charge >= 0.3 is 0 Å². The lowest BCUT2D eigenvalue weighted by Crippen LogP contribution is -2.52. The van der Waals surface area contributed by atoms with E-state index in [4.69, 9.17) is 0 Å². The van der Waals surface area contributed by atoms with Crippen LogP contribution in [-0.2, 0) is 0 Å². The van der Waals surface area contributed by atoms with Gasteiger partial charge in [0.25, 0.3) is 0 Å². The first-order valence-electron chi connectivity index (χ1n) is 5.86. The molecule has 4 heteroatoms. The number of piperidine rings is 1. The molecule has 3 heterocycles. The fraction of sp³-hybridized carbons (Fsp3) is 1.00. The molecule has 0 aromatic rings. The Labute approximate surface area is 97.9 Å². The molecule has 0 N–H and O–H groups in total. The van der Waals surface area contributed by atoms with E-state index in [9.17, 15) is 0 Å². The molecule has 86 valence electrons. The first-order chi connectivity index (χ1) is 7.05. The van der Waals surface area contributed by atoms with Crippen LogP contribution < -0.4 is 0 Å². The first kappa shape index (κ1) is 10.4. The van der Waals surface area contributed by atoms with E-state index in [1.165, 1.54) is 39.1 Å². The number of nitrogens with zero attached hydrogens (tertiary/aromatic N) is 3. The molecule has 3 nitrogen and oxygen atoms in total. The molecular formula is C11H21N3S. The highest BCUT2D eigenvalue weighted by Gasteiger charge is 2.62. The minimum atomic E-state index is 0.497. The predicted molar refractivity (Wildman–Crippen MR) is 65.0 cm³/mol. The number of hydrogen-bond donors (Lipinski definition) is 1.